The second-order valence-electron chi connectivity index (χ2n) is 2.02. The molecule has 7 heteroatoms. The summed E-state index contributed by atoms with van der Waals surface area (Å²) in [5.41, 5.74) is -1.90. The lowest BCUT2D eigenvalue weighted by atomic mass is 10.3. The smallest absolute Gasteiger partial charge is 0.254 e. The average Bonchev–Trinajstić information content (AvgIpc) is 1.92. The highest BCUT2D eigenvalue weighted by molar-refractivity contribution is 6.26. The van der Waals surface area contributed by atoms with Crippen molar-refractivity contribution in [3.05, 3.63) is 11.8 Å². The quantitative estimate of drug-likeness (QED) is 0.347. The van der Waals surface area contributed by atoms with Crippen molar-refractivity contribution in [1.29, 1.82) is 0 Å². The second kappa shape index (κ2) is 3.14. The molecule has 68 valence electrons. The summed E-state index contributed by atoms with van der Waals surface area (Å²) in [5, 5.41) is 0. The summed E-state index contributed by atoms with van der Waals surface area (Å²) in [6, 6.07) is 0. The fraction of sp³-hybridized carbons (Fsp3) is 0.400. The summed E-state index contributed by atoms with van der Waals surface area (Å²) in [6.07, 6.45) is -3.10. The van der Waals surface area contributed by atoms with Gasteiger partial charge in [0.05, 0.1) is 5.57 Å². The molecule has 0 fully saturated rings. The third-order valence-electron chi connectivity index (χ3n) is 1.13. The molecular weight excluding hydrogens is 216 g/mol. The molecule has 12 heavy (non-hydrogen) atoms. The summed E-state index contributed by atoms with van der Waals surface area (Å²) < 4.78 is 36.5. The monoisotopic (exact) mass is 218 g/mol. The van der Waals surface area contributed by atoms with Gasteiger partial charge < -0.3 is 0 Å². The minimum atomic E-state index is -4.44. The van der Waals surface area contributed by atoms with Gasteiger partial charge in [0.1, 0.15) is 0 Å². The van der Waals surface area contributed by atoms with E-state index in [-0.39, 0.29) is 0 Å². The van der Waals surface area contributed by atoms with Gasteiger partial charge in [0, 0.05) is 24.2 Å². The van der Waals surface area contributed by atoms with E-state index in [1.165, 1.54) is 0 Å². The zero-order chi connectivity index (χ0) is 9.35. The van der Waals surface area contributed by atoms with Crippen molar-refractivity contribution in [3.63, 3.8) is 0 Å². The number of allylic oxidation sites excluding steroid dienone is 1. The molecule has 0 aromatic heterocycles. The van der Waals surface area contributed by atoms with E-state index in [2.05, 4.69) is 4.99 Å². The third-order valence-corrected chi connectivity index (χ3v) is 1.84. The van der Waals surface area contributed by atoms with Crippen LogP contribution in [-0.4, -0.2) is 22.4 Å². The number of alkyl halides is 4. The molecule has 0 aromatic carbocycles. The van der Waals surface area contributed by atoms with Gasteiger partial charge in [-0.15, -0.1) is 0 Å². The third kappa shape index (κ3) is 2.04. The predicted molar refractivity (Wildman–Crippen MR) is 40.0 cm³/mol. The molecule has 0 aromatic rings. The maximum absolute atomic E-state index is 12.0. The first-order chi connectivity index (χ1) is 5.41. The Labute approximate surface area is 76.4 Å². The molecule has 1 atom stereocenters. The second-order valence-corrected chi connectivity index (χ2v) is 2.80. The van der Waals surface area contributed by atoms with Gasteiger partial charge in [-0.1, -0.05) is 11.6 Å². The van der Waals surface area contributed by atoms with Gasteiger partial charge in [0.2, 0.25) is 5.62 Å². The van der Waals surface area contributed by atoms with Gasteiger partial charge in [-0.3, -0.25) is 9.41 Å². The van der Waals surface area contributed by atoms with Crippen LogP contribution in [0.15, 0.2) is 16.8 Å². The highest BCUT2D eigenvalue weighted by Crippen LogP contribution is 2.28. The normalized spacial score (nSPS) is 24.2. The fourth-order valence-corrected chi connectivity index (χ4v) is 0.848. The SMILES string of the molecule is FC(F)(F)C1=CN(Cl)C(Cl)N=C1. The molecule has 0 aliphatic carbocycles. The lowest BCUT2D eigenvalue weighted by Gasteiger charge is -2.20. The Balaban J connectivity index is 2.84. The molecule has 1 rings (SSSR count). The topological polar surface area (TPSA) is 15.6 Å². The number of hydrogen-bond acceptors (Lipinski definition) is 2. The van der Waals surface area contributed by atoms with Crippen molar-refractivity contribution < 1.29 is 13.2 Å². The zero-order valence-electron chi connectivity index (χ0n) is 5.52. The highest BCUT2D eigenvalue weighted by Gasteiger charge is 2.35. The lowest BCUT2D eigenvalue weighted by Crippen LogP contribution is -2.24. The van der Waals surface area contributed by atoms with Crippen molar-refractivity contribution in [3.8, 4) is 0 Å². The standard InChI is InChI=1S/C5H3Cl2F3N2/c6-4-11-1-3(2-12(4)7)5(8,9)10/h1-2,4H. The molecule has 1 unspecified atom stereocenters. The number of hydrogen-bond donors (Lipinski definition) is 0. The van der Waals surface area contributed by atoms with Crippen molar-refractivity contribution in [2.45, 2.75) is 11.8 Å². The summed E-state index contributed by atoms with van der Waals surface area (Å²) in [5.74, 6) is 0. The molecule has 2 nitrogen and oxygen atoms in total. The Kier molecular flexibility index (Phi) is 2.53. The number of aliphatic imine (C=N–C) groups is 1. The minimum absolute atomic E-state index is 0.649. The van der Waals surface area contributed by atoms with Crippen LogP contribution < -0.4 is 0 Å². The zero-order valence-corrected chi connectivity index (χ0v) is 7.03. The van der Waals surface area contributed by atoms with Gasteiger partial charge in [-0.2, -0.15) is 13.2 Å². The van der Waals surface area contributed by atoms with Gasteiger partial charge in [-0.05, 0) is 0 Å². The van der Waals surface area contributed by atoms with Crippen molar-refractivity contribution >= 4 is 29.6 Å². The Bertz CT molecular complexity index is 235. The molecule has 0 N–H and O–H groups in total. The number of nitrogens with zero attached hydrogens (tertiary/aromatic N) is 2. The molecule has 0 amide bonds. The molecule has 0 saturated carbocycles. The van der Waals surface area contributed by atoms with Crippen LogP contribution >= 0.6 is 23.4 Å². The predicted octanol–water partition coefficient (Wildman–Crippen LogP) is 2.50. The lowest BCUT2D eigenvalue weighted by molar-refractivity contribution is -0.0866. The highest BCUT2D eigenvalue weighted by atomic mass is 35.5. The van der Waals surface area contributed by atoms with Crippen LogP contribution in [0.3, 0.4) is 0 Å². The largest absolute Gasteiger partial charge is 0.419 e. The average molecular weight is 219 g/mol. The summed E-state index contributed by atoms with van der Waals surface area (Å²) in [4.78, 5) is 3.30. The Hall–Kier alpha value is -0.420. The Morgan fingerprint density at radius 3 is 2.50 bits per heavy atom. The summed E-state index contributed by atoms with van der Waals surface area (Å²) in [6.45, 7) is 0. The van der Waals surface area contributed by atoms with Gasteiger partial charge in [0.25, 0.3) is 0 Å². The van der Waals surface area contributed by atoms with Crippen LogP contribution in [0.5, 0.6) is 0 Å². The maximum atomic E-state index is 12.0. The molecule has 1 aliphatic heterocycles. The first-order valence-corrected chi connectivity index (χ1v) is 3.59. The Morgan fingerprint density at radius 1 is 1.50 bits per heavy atom. The van der Waals surface area contributed by atoms with Gasteiger partial charge >= 0.3 is 6.18 Å². The molecule has 0 radical (unpaired) electrons. The van der Waals surface area contributed by atoms with E-state index in [1.54, 1.807) is 0 Å². The van der Waals surface area contributed by atoms with E-state index in [4.69, 9.17) is 23.4 Å². The van der Waals surface area contributed by atoms with Crippen LogP contribution in [0.4, 0.5) is 13.2 Å². The van der Waals surface area contributed by atoms with Crippen molar-refractivity contribution in [2.24, 2.45) is 4.99 Å². The van der Waals surface area contributed by atoms with E-state index >= 15 is 0 Å². The van der Waals surface area contributed by atoms with Gasteiger partial charge in [0.15, 0.2) is 0 Å². The molecule has 0 spiro atoms. The minimum Gasteiger partial charge on any atom is -0.254 e. The van der Waals surface area contributed by atoms with Crippen LogP contribution in [-0.2, 0) is 0 Å². The number of halogens is 5. The van der Waals surface area contributed by atoms with E-state index in [0.717, 1.165) is 0 Å². The summed E-state index contributed by atoms with van der Waals surface area (Å²) in [7, 11) is 0. The van der Waals surface area contributed by atoms with Crippen molar-refractivity contribution in [2.75, 3.05) is 0 Å². The molecule has 1 aliphatic rings. The fourth-order valence-electron chi connectivity index (χ4n) is 0.580. The van der Waals surface area contributed by atoms with Crippen LogP contribution in [0, 0.1) is 0 Å². The molecule has 1 heterocycles. The van der Waals surface area contributed by atoms with E-state index in [1.807, 2.05) is 0 Å². The first-order valence-electron chi connectivity index (χ1n) is 2.81. The van der Waals surface area contributed by atoms with Crippen LogP contribution in [0.2, 0.25) is 0 Å². The van der Waals surface area contributed by atoms with E-state index < -0.39 is 17.4 Å². The van der Waals surface area contributed by atoms with Crippen LogP contribution in [0.1, 0.15) is 0 Å². The molecular formula is C5H3Cl2F3N2. The Morgan fingerprint density at radius 2 is 2.08 bits per heavy atom. The maximum Gasteiger partial charge on any atom is 0.419 e. The molecule has 0 saturated heterocycles. The van der Waals surface area contributed by atoms with Gasteiger partial charge in [-0.25, -0.2) is 0 Å². The van der Waals surface area contributed by atoms with Crippen molar-refractivity contribution in [1.82, 2.24) is 4.42 Å². The first kappa shape index (κ1) is 9.67. The summed E-state index contributed by atoms with van der Waals surface area (Å²) >= 11 is 10.6. The number of rotatable bonds is 0. The van der Waals surface area contributed by atoms with Crippen LogP contribution in [0.25, 0.3) is 0 Å². The van der Waals surface area contributed by atoms with E-state index in [0.29, 0.717) is 16.8 Å². The molecule has 0 bridgehead atoms. The van der Waals surface area contributed by atoms with E-state index in [9.17, 15) is 13.2 Å².